The van der Waals surface area contributed by atoms with Gasteiger partial charge in [-0.1, -0.05) is 6.07 Å². The molecule has 0 spiro atoms. The minimum atomic E-state index is -0.398. The zero-order valence-electron chi connectivity index (χ0n) is 13.6. The third-order valence-corrected chi connectivity index (χ3v) is 4.35. The van der Waals surface area contributed by atoms with Crippen molar-refractivity contribution < 1.29 is 14.3 Å². The van der Waals surface area contributed by atoms with Gasteiger partial charge < -0.3 is 9.64 Å². The van der Waals surface area contributed by atoms with Gasteiger partial charge in [-0.05, 0) is 55.2 Å². The van der Waals surface area contributed by atoms with E-state index < -0.39 is 5.97 Å². The van der Waals surface area contributed by atoms with Crippen LogP contribution in [0.4, 0.5) is 0 Å². The number of amides is 1. The van der Waals surface area contributed by atoms with Crippen LogP contribution in [-0.4, -0.2) is 42.0 Å². The Morgan fingerprint density at radius 1 is 1.17 bits per heavy atom. The van der Waals surface area contributed by atoms with Crippen LogP contribution >= 0.6 is 0 Å². The number of pyridine rings is 1. The van der Waals surface area contributed by atoms with Crippen LogP contribution in [0.5, 0.6) is 0 Å². The Balaban J connectivity index is 1.61. The number of carbonyl (C=O) groups is 2. The topological polar surface area (TPSA) is 59.5 Å². The predicted octanol–water partition coefficient (Wildman–Crippen LogP) is 2.57. The van der Waals surface area contributed by atoms with Crippen LogP contribution in [0.2, 0.25) is 0 Å². The molecule has 124 valence electrons. The second-order valence-corrected chi connectivity index (χ2v) is 6.00. The molecule has 0 radical (unpaired) electrons. The van der Waals surface area contributed by atoms with Gasteiger partial charge in [0.25, 0.3) is 5.91 Å². The van der Waals surface area contributed by atoms with Gasteiger partial charge in [0.15, 0.2) is 0 Å². The molecule has 1 aromatic heterocycles. The Hall–Kier alpha value is -2.69. The molecule has 0 aliphatic carbocycles. The van der Waals surface area contributed by atoms with E-state index in [1.54, 1.807) is 30.5 Å². The fraction of sp³-hybridized carbons (Fsp3) is 0.316. The summed E-state index contributed by atoms with van der Waals surface area (Å²) in [5, 5.41) is 0. The molecular weight excluding hydrogens is 304 g/mol. The van der Waals surface area contributed by atoms with Crippen molar-refractivity contribution in [3.8, 4) is 0 Å². The first kappa shape index (κ1) is 16.2. The summed E-state index contributed by atoms with van der Waals surface area (Å²) in [5.41, 5.74) is 2.11. The third kappa shape index (κ3) is 3.62. The number of aromatic nitrogens is 1. The molecule has 0 N–H and O–H groups in total. The second-order valence-electron chi connectivity index (χ2n) is 6.00. The minimum Gasteiger partial charge on any atom is -0.465 e. The first-order valence-electron chi connectivity index (χ1n) is 8.05. The largest absolute Gasteiger partial charge is 0.465 e. The van der Waals surface area contributed by atoms with Gasteiger partial charge in [-0.2, -0.15) is 0 Å². The highest BCUT2D eigenvalue weighted by atomic mass is 16.5. The van der Waals surface area contributed by atoms with Crippen molar-refractivity contribution in [3.05, 3.63) is 65.5 Å². The standard InChI is InChI=1S/C19H20N2O3/c1-24-19(23)16-7-5-15(6-8-16)18(22)21-11-9-14(13-21)12-17-4-2-3-10-20-17/h2-8,10,14H,9,11-13H2,1H3. The van der Waals surface area contributed by atoms with Gasteiger partial charge in [0.1, 0.15) is 0 Å². The van der Waals surface area contributed by atoms with Crippen molar-refractivity contribution in [2.45, 2.75) is 12.8 Å². The summed E-state index contributed by atoms with van der Waals surface area (Å²) in [7, 11) is 1.34. The third-order valence-electron chi connectivity index (χ3n) is 4.35. The molecule has 1 aliphatic heterocycles. The van der Waals surface area contributed by atoms with Gasteiger partial charge in [0.2, 0.25) is 0 Å². The van der Waals surface area contributed by atoms with E-state index in [9.17, 15) is 9.59 Å². The predicted molar refractivity (Wildman–Crippen MR) is 89.7 cm³/mol. The monoisotopic (exact) mass is 324 g/mol. The van der Waals surface area contributed by atoms with Crippen LogP contribution < -0.4 is 0 Å². The molecule has 1 fully saturated rings. The molecule has 5 nitrogen and oxygen atoms in total. The highest BCUT2D eigenvalue weighted by molar-refractivity contribution is 5.96. The number of nitrogens with zero attached hydrogens (tertiary/aromatic N) is 2. The van der Waals surface area contributed by atoms with Gasteiger partial charge in [-0.3, -0.25) is 9.78 Å². The molecule has 1 amide bonds. The Morgan fingerprint density at radius 3 is 2.58 bits per heavy atom. The van der Waals surface area contributed by atoms with E-state index in [-0.39, 0.29) is 5.91 Å². The molecule has 2 aromatic rings. The number of esters is 1. The zero-order chi connectivity index (χ0) is 16.9. The van der Waals surface area contributed by atoms with E-state index in [1.165, 1.54) is 7.11 Å². The molecule has 1 saturated heterocycles. The number of likely N-dealkylation sites (tertiary alicyclic amines) is 1. The van der Waals surface area contributed by atoms with Crippen LogP contribution in [0.3, 0.4) is 0 Å². The van der Waals surface area contributed by atoms with Crippen molar-refractivity contribution in [3.63, 3.8) is 0 Å². The second kappa shape index (κ2) is 7.25. The summed E-state index contributed by atoms with van der Waals surface area (Å²) in [6, 6.07) is 12.5. The molecule has 1 aromatic carbocycles. The maximum atomic E-state index is 12.6. The minimum absolute atomic E-state index is 0.00920. The van der Waals surface area contributed by atoms with Crippen LogP contribution in [0, 0.1) is 5.92 Å². The number of carbonyl (C=O) groups excluding carboxylic acids is 2. The molecule has 1 aliphatic rings. The molecular formula is C19H20N2O3. The van der Waals surface area contributed by atoms with E-state index in [2.05, 4.69) is 9.72 Å². The number of rotatable bonds is 4. The Kier molecular flexibility index (Phi) is 4.89. The number of hydrogen-bond donors (Lipinski definition) is 0. The van der Waals surface area contributed by atoms with Crippen LogP contribution in [-0.2, 0) is 11.2 Å². The molecule has 1 unspecified atom stereocenters. The fourth-order valence-electron chi connectivity index (χ4n) is 3.05. The van der Waals surface area contributed by atoms with Crippen LogP contribution in [0.15, 0.2) is 48.7 Å². The summed E-state index contributed by atoms with van der Waals surface area (Å²) in [5.74, 6) is 0.0544. The number of ether oxygens (including phenoxy) is 1. The van der Waals surface area contributed by atoms with Crippen molar-refractivity contribution in [2.24, 2.45) is 5.92 Å². The van der Waals surface area contributed by atoms with E-state index in [0.717, 1.165) is 31.6 Å². The summed E-state index contributed by atoms with van der Waals surface area (Å²) in [6.07, 6.45) is 3.69. The molecule has 24 heavy (non-hydrogen) atoms. The van der Waals surface area contributed by atoms with Crippen LogP contribution in [0.25, 0.3) is 0 Å². The lowest BCUT2D eigenvalue weighted by atomic mass is 10.0. The molecule has 3 rings (SSSR count). The molecule has 1 atom stereocenters. The molecule has 2 heterocycles. The highest BCUT2D eigenvalue weighted by Crippen LogP contribution is 2.22. The molecule has 0 saturated carbocycles. The van der Waals surface area contributed by atoms with Crippen molar-refractivity contribution in [1.82, 2.24) is 9.88 Å². The Morgan fingerprint density at radius 2 is 1.92 bits per heavy atom. The normalized spacial score (nSPS) is 16.9. The van der Waals surface area contributed by atoms with Gasteiger partial charge in [-0.25, -0.2) is 4.79 Å². The zero-order valence-corrected chi connectivity index (χ0v) is 13.6. The lowest BCUT2D eigenvalue weighted by Gasteiger charge is -2.16. The highest BCUT2D eigenvalue weighted by Gasteiger charge is 2.27. The first-order chi connectivity index (χ1) is 11.7. The van der Waals surface area contributed by atoms with Gasteiger partial charge in [0.05, 0.1) is 12.7 Å². The summed E-state index contributed by atoms with van der Waals surface area (Å²) < 4.78 is 4.67. The maximum absolute atomic E-state index is 12.6. The summed E-state index contributed by atoms with van der Waals surface area (Å²) in [4.78, 5) is 30.3. The average Bonchev–Trinajstić information content (AvgIpc) is 3.10. The average molecular weight is 324 g/mol. The summed E-state index contributed by atoms with van der Waals surface area (Å²) in [6.45, 7) is 1.50. The molecule has 5 heteroatoms. The lowest BCUT2D eigenvalue weighted by molar-refractivity contribution is 0.0600. The fourth-order valence-corrected chi connectivity index (χ4v) is 3.05. The number of methoxy groups -OCH3 is 1. The van der Waals surface area contributed by atoms with Crippen molar-refractivity contribution in [1.29, 1.82) is 0 Å². The van der Waals surface area contributed by atoms with Crippen LogP contribution in [0.1, 0.15) is 32.8 Å². The number of hydrogen-bond acceptors (Lipinski definition) is 4. The molecule has 0 bridgehead atoms. The lowest BCUT2D eigenvalue weighted by Crippen LogP contribution is -2.29. The Labute approximate surface area is 141 Å². The van der Waals surface area contributed by atoms with Gasteiger partial charge in [-0.15, -0.1) is 0 Å². The van der Waals surface area contributed by atoms with Gasteiger partial charge >= 0.3 is 5.97 Å². The van der Waals surface area contributed by atoms with Crippen molar-refractivity contribution >= 4 is 11.9 Å². The quantitative estimate of drug-likeness (QED) is 0.811. The summed E-state index contributed by atoms with van der Waals surface area (Å²) >= 11 is 0. The first-order valence-corrected chi connectivity index (χ1v) is 8.05. The van der Waals surface area contributed by atoms with E-state index in [1.807, 2.05) is 23.1 Å². The van der Waals surface area contributed by atoms with E-state index in [0.29, 0.717) is 17.0 Å². The number of benzene rings is 1. The Bertz CT molecular complexity index is 713. The van der Waals surface area contributed by atoms with Crippen molar-refractivity contribution in [2.75, 3.05) is 20.2 Å². The smallest absolute Gasteiger partial charge is 0.337 e. The van der Waals surface area contributed by atoms with E-state index in [4.69, 9.17) is 0 Å². The SMILES string of the molecule is COC(=O)c1ccc(C(=O)N2CCC(Cc3ccccn3)C2)cc1. The maximum Gasteiger partial charge on any atom is 0.337 e. The van der Waals surface area contributed by atoms with E-state index >= 15 is 0 Å². The van der Waals surface area contributed by atoms with Gasteiger partial charge in [0, 0.05) is 30.5 Å².